The number of hydrogen-bond donors (Lipinski definition) is 2. The molecule has 0 unspecified atom stereocenters. The van der Waals surface area contributed by atoms with E-state index in [-0.39, 0.29) is 11.1 Å². The molecule has 170 valence electrons. The first-order valence-corrected chi connectivity index (χ1v) is 11.6. The molecule has 0 saturated heterocycles. The zero-order valence-electron chi connectivity index (χ0n) is 18.9. The Morgan fingerprint density at radius 1 is 0.417 bits per heavy atom. The highest BCUT2D eigenvalue weighted by molar-refractivity contribution is 6.04. The molecule has 7 rings (SSSR count). The molecular weight excluding hydrogens is 448 g/mol. The summed E-state index contributed by atoms with van der Waals surface area (Å²) in [5, 5.41) is 29.1. The van der Waals surface area contributed by atoms with Crippen LogP contribution in [0.1, 0.15) is 20.7 Å². The summed E-state index contributed by atoms with van der Waals surface area (Å²) in [6, 6.07) is 30.7. The highest BCUT2D eigenvalue weighted by Gasteiger charge is 2.21. The molecule has 5 aromatic rings. The van der Waals surface area contributed by atoms with Gasteiger partial charge in [-0.1, -0.05) is 72.8 Å². The lowest BCUT2D eigenvalue weighted by Gasteiger charge is -2.15. The average Bonchev–Trinajstić information content (AvgIpc) is 2.89. The van der Waals surface area contributed by atoms with E-state index < -0.39 is 11.9 Å². The van der Waals surface area contributed by atoms with Gasteiger partial charge in [-0.3, -0.25) is 0 Å². The molecule has 0 saturated carbocycles. The minimum absolute atomic E-state index is 0.0747. The number of fused-ring (bicyclic) bond motifs is 4. The Bertz CT molecular complexity index is 2060. The van der Waals surface area contributed by atoms with Gasteiger partial charge in [0.1, 0.15) is 0 Å². The number of benzene rings is 5. The van der Waals surface area contributed by atoms with Crippen LogP contribution in [0.5, 0.6) is 0 Å². The standard InChI is InChI=1S/C32H18O4/c33-31(34)29-16-26(18-10-12-24-20-6-2-4-8-22(20)28(24)14-18)30(32(35)36)15-25(29)17-9-11-23-19-5-1-3-7-21(19)27(23)13-17/h1-16H,(H,33,34)(H,35,36). The van der Waals surface area contributed by atoms with Gasteiger partial charge in [0.25, 0.3) is 0 Å². The van der Waals surface area contributed by atoms with E-state index in [1.54, 1.807) is 0 Å². The molecule has 2 N–H and O–H groups in total. The fraction of sp³-hybridized carbons (Fsp3) is 0. The maximum Gasteiger partial charge on any atom is 0.336 e. The molecular formula is C32H18O4. The molecule has 0 spiro atoms. The van der Waals surface area contributed by atoms with Crippen LogP contribution in [0, 0.1) is 41.7 Å². The Morgan fingerprint density at radius 3 is 1.11 bits per heavy atom. The van der Waals surface area contributed by atoms with Gasteiger partial charge in [0.05, 0.1) is 11.1 Å². The van der Waals surface area contributed by atoms with Gasteiger partial charge in [-0.15, -0.1) is 0 Å². The van der Waals surface area contributed by atoms with Crippen molar-refractivity contribution in [1.82, 2.24) is 0 Å². The lowest BCUT2D eigenvalue weighted by Crippen LogP contribution is -2.07. The van der Waals surface area contributed by atoms with E-state index in [0.29, 0.717) is 22.3 Å². The van der Waals surface area contributed by atoms with Crippen LogP contribution >= 0.6 is 0 Å². The third-order valence-corrected chi connectivity index (χ3v) is 7.29. The van der Waals surface area contributed by atoms with E-state index in [1.807, 2.05) is 72.8 Å². The molecule has 2 aliphatic carbocycles. The number of aromatic carboxylic acids is 2. The first kappa shape index (κ1) is 20.4. The van der Waals surface area contributed by atoms with Crippen molar-refractivity contribution in [3.63, 3.8) is 0 Å². The van der Waals surface area contributed by atoms with Crippen LogP contribution in [0.2, 0.25) is 0 Å². The van der Waals surface area contributed by atoms with Crippen molar-refractivity contribution in [2.75, 3.05) is 0 Å². The molecule has 0 heterocycles. The normalized spacial score (nSPS) is 11.8. The third-order valence-electron chi connectivity index (χ3n) is 7.29. The van der Waals surface area contributed by atoms with Gasteiger partial charge < -0.3 is 10.2 Å². The second kappa shape index (κ2) is 7.27. The molecule has 2 aliphatic rings. The highest BCUT2D eigenvalue weighted by atomic mass is 16.4. The first-order valence-electron chi connectivity index (χ1n) is 11.6. The molecule has 0 aromatic heterocycles. The number of carboxylic acids is 2. The van der Waals surface area contributed by atoms with Gasteiger partial charge in [0.15, 0.2) is 0 Å². The van der Waals surface area contributed by atoms with Crippen LogP contribution in [0.15, 0.2) is 97.1 Å². The molecule has 36 heavy (non-hydrogen) atoms. The van der Waals surface area contributed by atoms with E-state index >= 15 is 0 Å². The summed E-state index contributed by atoms with van der Waals surface area (Å²) in [5.74, 6) is -2.19. The van der Waals surface area contributed by atoms with E-state index in [9.17, 15) is 19.8 Å². The van der Waals surface area contributed by atoms with Crippen LogP contribution < -0.4 is 0 Å². The Balaban J connectivity index is 1.47. The predicted octanol–water partition coefficient (Wildman–Crippen LogP) is 6.19. The van der Waals surface area contributed by atoms with Gasteiger partial charge >= 0.3 is 11.9 Å². The quantitative estimate of drug-likeness (QED) is 0.324. The maximum atomic E-state index is 12.4. The van der Waals surface area contributed by atoms with Crippen LogP contribution in [-0.4, -0.2) is 22.2 Å². The van der Waals surface area contributed by atoms with Crippen molar-refractivity contribution < 1.29 is 19.8 Å². The van der Waals surface area contributed by atoms with Crippen molar-refractivity contribution in [2.45, 2.75) is 0 Å². The van der Waals surface area contributed by atoms with Crippen molar-refractivity contribution in [1.29, 1.82) is 0 Å². The lowest BCUT2D eigenvalue weighted by molar-refractivity contribution is 0.0682. The van der Waals surface area contributed by atoms with E-state index in [4.69, 9.17) is 0 Å². The molecule has 0 radical (unpaired) electrons. The van der Waals surface area contributed by atoms with Crippen molar-refractivity contribution in [3.05, 3.63) is 150 Å². The largest absolute Gasteiger partial charge is 0.478 e. The Hall–Kier alpha value is -4.96. The van der Waals surface area contributed by atoms with E-state index in [0.717, 1.165) is 31.3 Å². The summed E-state index contributed by atoms with van der Waals surface area (Å²) in [4.78, 5) is 24.7. The third kappa shape index (κ3) is 2.75. The van der Waals surface area contributed by atoms with Crippen LogP contribution in [0.3, 0.4) is 0 Å². The number of carboxylic acid groups (broad SMARTS) is 2. The molecule has 0 aliphatic heterocycles. The molecule has 0 amide bonds. The molecule has 5 aromatic carbocycles. The first-order chi connectivity index (χ1) is 17.5. The minimum Gasteiger partial charge on any atom is -0.478 e. The van der Waals surface area contributed by atoms with Gasteiger partial charge in [0, 0.05) is 0 Å². The number of hydrogen-bond acceptors (Lipinski definition) is 2. The second-order valence-electron chi connectivity index (χ2n) is 9.17. The summed E-state index contributed by atoms with van der Waals surface area (Å²) in [6.45, 7) is 0. The predicted molar refractivity (Wildman–Crippen MR) is 135 cm³/mol. The second-order valence-corrected chi connectivity index (χ2v) is 9.17. The maximum absolute atomic E-state index is 12.4. The Morgan fingerprint density at radius 2 is 0.750 bits per heavy atom. The summed E-state index contributed by atoms with van der Waals surface area (Å²) >= 11 is 0. The summed E-state index contributed by atoms with van der Waals surface area (Å²) < 4.78 is 0. The topological polar surface area (TPSA) is 74.6 Å². The summed E-state index contributed by atoms with van der Waals surface area (Å²) in [5.41, 5.74) is 2.30. The van der Waals surface area contributed by atoms with Crippen molar-refractivity contribution >= 4 is 11.9 Å². The molecule has 4 nitrogen and oxygen atoms in total. The van der Waals surface area contributed by atoms with Gasteiger partial charge in [-0.2, -0.15) is 0 Å². The zero-order valence-corrected chi connectivity index (χ0v) is 18.9. The minimum atomic E-state index is -1.10. The highest BCUT2D eigenvalue weighted by Crippen LogP contribution is 2.34. The average molecular weight is 466 g/mol. The Labute approximate surface area is 204 Å². The fourth-order valence-electron chi connectivity index (χ4n) is 5.55. The van der Waals surface area contributed by atoms with Crippen LogP contribution in [0.4, 0.5) is 0 Å². The zero-order chi connectivity index (χ0) is 24.6. The van der Waals surface area contributed by atoms with Crippen molar-refractivity contribution in [3.8, 4) is 22.3 Å². The molecule has 0 atom stereocenters. The van der Waals surface area contributed by atoms with E-state index in [1.165, 1.54) is 22.6 Å². The fourth-order valence-corrected chi connectivity index (χ4v) is 5.55. The molecule has 0 fully saturated rings. The van der Waals surface area contributed by atoms with Gasteiger partial charge in [0.2, 0.25) is 0 Å². The monoisotopic (exact) mass is 466 g/mol. The lowest BCUT2D eigenvalue weighted by atomic mass is 9.88. The van der Waals surface area contributed by atoms with Gasteiger partial charge in [-0.25, -0.2) is 9.59 Å². The van der Waals surface area contributed by atoms with Crippen LogP contribution in [0.25, 0.3) is 22.3 Å². The summed E-state index contributed by atoms with van der Waals surface area (Å²) in [7, 11) is 0. The van der Waals surface area contributed by atoms with E-state index in [2.05, 4.69) is 12.1 Å². The van der Waals surface area contributed by atoms with Crippen molar-refractivity contribution in [2.24, 2.45) is 0 Å². The molecule has 4 heteroatoms. The number of carbonyl (C=O) groups is 2. The summed E-state index contributed by atoms with van der Waals surface area (Å²) in [6.07, 6.45) is 0. The van der Waals surface area contributed by atoms with Crippen LogP contribution in [-0.2, 0) is 0 Å². The smallest absolute Gasteiger partial charge is 0.336 e. The molecule has 0 bridgehead atoms. The van der Waals surface area contributed by atoms with Gasteiger partial charge in [-0.05, 0) is 88.3 Å². The SMILES string of the molecule is O=C(O)c1cc(-c2ccc3c(c2)=c2ccccc2=3)c(C(=O)O)cc1-c1ccc2c(c1)=c1ccccc1=2. The number of rotatable bonds is 4. The Kier molecular flexibility index (Phi) is 4.12.